The Bertz CT molecular complexity index is 1050. The van der Waals surface area contributed by atoms with Gasteiger partial charge in [-0.05, 0) is 25.3 Å². The van der Waals surface area contributed by atoms with E-state index in [0.717, 1.165) is 27.6 Å². The standard InChI is InChI=1S/C18H16N2O4S/c1-10-7-13-15(23-10)8-14(18(21)22-3)20(13)9-12-11(2)24-17(19-12)16-5-4-6-25-16/h4-8H,9H2,1-3H3. The lowest BCUT2D eigenvalue weighted by Crippen LogP contribution is -2.12. The van der Waals surface area contributed by atoms with Gasteiger partial charge in [0, 0.05) is 12.1 Å². The largest absolute Gasteiger partial charge is 0.464 e. The number of oxazole rings is 1. The zero-order chi connectivity index (χ0) is 17.6. The van der Waals surface area contributed by atoms with Crippen molar-refractivity contribution in [2.45, 2.75) is 20.4 Å². The number of carbonyl (C=O) groups is 1. The number of aromatic nitrogens is 2. The normalized spacial score (nSPS) is 11.3. The van der Waals surface area contributed by atoms with Crippen molar-refractivity contribution in [1.29, 1.82) is 0 Å². The molecule has 0 N–H and O–H groups in total. The van der Waals surface area contributed by atoms with Gasteiger partial charge in [-0.3, -0.25) is 0 Å². The van der Waals surface area contributed by atoms with E-state index in [9.17, 15) is 4.79 Å². The highest BCUT2D eigenvalue weighted by molar-refractivity contribution is 7.13. The van der Waals surface area contributed by atoms with Crippen molar-refractivity contribution in [2.24, 2.45) is 0 Å². The molecule has 0 radical (unpaired) electrons. The van der Waals surface area contributed by atoms with Gasteiger partial charge in [0.2, 0.25) is 5.89 Å². The molecule has 128 valence electrons. The summed E-state index contributed by atoms with van der Waals surface area (Å²) < 4.78 is 18.2. The fourth-order valence-corrected chi connectivity index (χ4v) is 3.49. The molecule has 0 aromatic carbocycles. The van der Waals surface area contributed by atoms with Crippen LogP contribution < -0.4 is 0 Å². The Balaban J connectivity index is 1.79. The number of esters is 1. The van der Waals surface area contributed by atoms with Crippen LogP contribution in [-0.4, -0.2) is 22.6 Å². The van der Waals surface area contributed by atoms with Gasteiger partial charge in [0.25, 0.3) is 0 Å². The molecule has 0 saturated heterocycles. The van der Waals surface area contributed by atoms with Crippen LogP contribution in [0, 0.1) is 13.8 Å². The number of hydrogen-bond donors (Lipinski definition) is 0. The first-order valence-corrected chi connectivity index (χ1v) is 8.63. The van der Waals surface area contributed by atoms with Crippen LogP contribution in [0.4, 0.5) is 0 Å². The van der Waals surface area contributed by atoms with Crippen LogP contribution in [0.1, 0.15) is 27.7 Å². The summed E-state index contributed by atoms with van der Waals surface area (Å²) in [5.74, 6) is 1.69. The number of thiophene rings is 1. The highest BCUT2D eigenvalue weighted by Gasteiger charge is 2.21. The van der Waals surface area contributed by atoms with E-state index in [2.05, 4.69) is 4.98 Å². The average molecular weight is 356 g/mol. The second kappa shape index (κ2) is 5.93. The molecular weight excluding hydrogens is 340 g/mol. The van der Waals surface area contributed by atoms with Gasteiger partial charge >= 0.3 is 5.97 Å². The minimum absolute atomic E-state index is 0.396. The zero-order valence-corrected chi connectivity index (χ0v) is 14.8. The molecule has 4 aromatic rings. The third-order valence-electron chi connectivity index (χ3n) is 4.04. The van der Waals surface area contributed by atoms with E-state index in [0.29, 0.717) is 23.7 Å². The maximum Gasteiger partial charge on any atom is 0.354 e. The topological polar surface area (TPSA) is 70.4 Å². The first-order chi connectivity index (χ1) is 12.1. The number of methoxy groups -OCH3 is 1. The molecule has 6 nitrogen and oxygen atoms in total. The lowest BCUT2D eigenvalue weighted by molar-refractivity contribution is 0.0589. The van der Waals surface area contributed by atoms with E-state index in [1.807, 2.05) is 42.0 Å². The molecule has 4 aromatic heterocycles. The molecule has 4 rings (SSSR count). The fraction of sp³-hybridized carbons (Fsp3) is 0.222. The van der Waals surface area contributed by atoms with Crippen molar-refractivity contribution >= 4 is 28.4 Å². The Morgan fingerprint density at radius 1 is 1.32 bits per heavy atom. The van der Waals surface area contributed by atoms with Gasteiger partial charge < -0.3 is 18.1 Å². The Labute approximate surface area is 147 Å². The molecule has 25 heavy (non-hydrogen) atoms. The van der Waals surface area contributed by atoms with E-state index in [1.165, 1.54) is 7.11 Å². The summed E-state index contributed by atoms with van der Waals surface area (Å²) in [6.45, 7) is 4.14. The summed E-state index contributed by atoms with van der Waals surface area (Å²) in [5.41, 5.74) is 2.68. The number of fused-ring (bicyclic) bond motifs is 1. The van der Waals surface area contributed by atoms with Crippen molar-refractivity contribution in [2.75, 3.05) is 7.11 Å². The Kier molecular flexibility index (Phi) is 3.73. The van der Waals surface area contributed by atoms with Crippen molar-refractivity contribution < 1.29 is 18.4 Å². The first-order valence-electron chi connectivity index (χ1n) is 7.75. The minimum Gasteiger partial charge on any atom is -0.464 e. The number of furan rings is 1. The first kappa shape index (κ1) is 15.7. The van der Waals surface area contributed by atoms with E-state index < -0.39 is 5.97 Å². The van der Waals surface area contributed by atoms with E-state index in [-0.39, 0.29) is 0 Å². The smallest absolute Gasteiger partial charge is 0.354 e. The van der Waals surface area contributed by atoms with Crippen LogP contribution in [0.15, 0.2) is 38.5 Å². The summed E-state index contributed by atoms with van der Waals surface area (Å²) in [6.07, 6.45) is 0. The van der Waals surface area contributed by atoms with Crippen molar-refractivity contribution in [3.8, 4) is 10.8 Å². The Hall–Kier alpha value is -2.80. The second-order valence-electron chi connectivity index (χ2n) is 5.71. The summed E-state index contributed by atoms with van der Waals surface area (Å²) in [5, 5.41) is 1.98. The molecule has 0 saturated carbocycles. The molecule has 0 aliphatic rings. The summed E-state index contributed by atoms with van der Waals surface area (Å²) in [4.78, 5) is 17.7. The van der Waals surface area contributed by atoms with E-state index in [4.69, 9.17) is 13.6 Å². The van der Waals surface area contributed by atoms with Gasteiger partial charge in [-0.25, -0.2) is 9.78 Å². The fourth-order valence-electron chi connectivity index (χ4n) is 2.84. The van der Waals surface area contributed by atoms with Crippen LogP contribution in [0.25, 0.3) is 21.9 Å². The molecule has 0 atom stereocenters. The maximum absolute atomic E-state index is 12.1. The predicted molar refractivity (Wildman–Crippen MR) is 93.9 cm³/mol. The predicted octanol–water partition coefficient (Wildman–Crippen LogP) is 4.40. The lowest BCUT2D eigenvalue weighted by Gasteiger charge is -2.07. The summed E-state index contributed by atoms with van der Waals surface area (Å²) in [7, 11) is 1.36. The molecule has 0 fully saturated rings. The molecule has 0 unspecified atom stereocenters. The molecule has 0 aliphatic heterocycles. The van der Waals surface area contributed by atoms with Crippen LogP contribution in [0.2, 0.25) is 0 Å². The van der Waals surface area contributed by atoms with Crippen molar-refractivity contribution in [3.63, 3.8) is 0 Å². The molecule has 0 aliphatic carbocycles. The van der Waals surface area contributed by atoms with Gasteiger partial charge in [0.15, 0.2) is 5.58 Å². The number of nitrogens with zero attached hydrogens (tertiary/aromatic N) is 2. The monoisotopic (exact) mass is 356 g/mol. The molecule has 7 heteroatoms. The Morgan fingerprint density at radius 2 is 2.16 bits per heavy atom. The maximum atomic E-state index is 12.1. The van der Waals surface area contributed by atoms with Gasteiger partial charge in [-0.2, -0.15) is 0 Å². The second-order valence-corrected chi connectivity index (χ2v) is 6.66. The van der Waals surface area contributed by atoms with Crippen molar-refractivity contribution in [3.05, 3.63) is 52.6 Å². The summed E-state index contributed by atoms with van der Waals surface area (Å²) >= 11 is 1.57. The van der Waals surface area contributed by atoms with Gasteiger partial charge in [0.1, 0.15) is 22.9 Å². The third-order valence-corrected chi connectivity index (χ3v) is 4.90. The number of aryl methyl sites for hydroxylation is 2. The minimum atomic E-state index is -0.413. The van der Waals surface area contributed by atoms with Crippen LogP contribution in [0.3, 0.4) is 0 Å². The molecule has 0 amide bonds. The van der Waals surface area contributed by atoms with Crippen LogP contribution in [-0.2, 0) is 11.3 Å². The van der Waals surface area contributed by atoms with Gasteiger partial charge in [0.05, 0.1) is 24.0 Å². The molecular formula is C18H16N2O4S. The number of carbonyl (C=O) groups excluding carboxylic acids is 1. The molecule has 0 bridgehead atoms. The Morgan fingerprint density at radius 3 is 2.88 bits per heavy atom. The quantitative estimate of drug-likeness (QED) is 0.507. The lowest BCUT2D eigenvalue weighted by atomic mass is 10.3. The van der Waals surface area contributed by atoms with Crippen LogP contribution >= 0.6 is 11.3 Å². The SMILES string of the molecule is COC(=O)c1cc2oc(C)cc2n1Cc1nc(-c2cccs2)oc1C. The zero-order valence-electron chi connectivity index (χ0n) is 14.0. The highest BCUT2D eigenvalue weighted by atomic mass is 32.1. The number of ether oxygens (including phenoxy) is 1. The number of hydrogen-bond acceptors (Lipinski definition) is 6. The van der Waals surface area contributed by atoms with Crippen LogP contribution in [0.5, 0.6) is 0 Å². The van der Waals surface area contributed by atoms with E-state index >= 15 is 0 Å². The third kappa shape index (κ3) is 2.66. The van der Waals surface area contributed by atoms with E-state index in [1.54, 1.807) is 17.4 Å². The average Bonchev–Trinajstić information content (AvgIpc) is 3.33. The summed E-state index contributed by atoms with van der Waals surface area (Å²) in [6, 6.07) is 7.52. The highest BCUT2D eigenvalue weighted by Crippen LogP contribution is 2.29. The van der Waals surface area contributed by atoms with Crippen molar-refractivity contribution in [1.82, 2.24) is 9.55 Å². The number of rotatable bonds is 4. The molecule has 4 heterocycles. The van der Waals surface area contributed by atoms with Gasteiger partial charge in [-0.15, -0.1) is 11.3 Å². The molecule has 0 spiro atoms. The van der Waals surface area contributed by atoms with Gasteiger partial charge in [-0.1, -0.05) is 6.07 Å².